The maximum Gasteiger partial charge on any atom is 0.430 e. The van der Waals surface area contributed by atoms with Gasteiger partial charge in [-0.15, -0.1) is 23.1 Å². The van der Waals surface area contributed by atoms with E-state index in [2.05, 4.69) is 20.4 Å². The second-order valence-electron chi connectivity index (χ2n) is 10.2. The second-order valence-corrected chi connectivity index (χ2v) is 13.1. The standard InChI is InChI=1S/C23H26N8O8S3.C2HF3O2/c1-23(2,20(36)37)39-29-13(10-8-41-21(25)26-10)16(32)28-14-17(33)31-15(19(34)35)9(6-40-18(14)31)7-42-22-27-11(24)5-12(38-4)30(22)3;3-2(4,5)1(6)7/h5,8,14,18,24H,6-7H2,1-4H3,(H5,25,26,28,32,34,35,36,37);(H,6,7)/b29-13-;. The molecule has 18 nitrogen and oxygen atoms in total. The van der Waals surface area contributed by atoms with E-state index in [9.17, 15) is 42.6 Å². The van der Waals surface area contributed by atoms with Crippen molar-refractivity contribution in [3.63, 3.8) is 0 Å². The number of fused-ring (bicyclic) bond motifs is 1. The number of carboxylic acids is 3. The normalized spacial score (nSPS) is 17.7. The zero-order valence-corrected chi connectivity index (χ0v) is 28.1. The minimum atomic E-state index is -5.19. The van der Waals surface area contributed by atoms with Crippen molar-refractivity contribution < 1.29 is 66.6 Å². The Hall–Kier alpha value is -4.84. The van der Waals surface area contributed by atoms with Crippen molar-refractivity contribution in [2.45, 2.75) is 42.2 Å². The zero-order chi connectivity index (χ0) is 37.0. The van der Waals surface area contributed by atoms with Gasteiger partial charge < -0.3 is 46.5 Å². The van der Waals surface area contributed by atoms with Gasteiger partial charge in [0.2, 0.25) is 11.4 Å². The number of amides is 2. The SMILES string of the molecule is COc1cc(N)nc(SCC2=C(C(=O)O)N3C(=O)C(NC(=O)/C(=N\OC(C)(C)C(=O)O)c4csc(N)n4)C3SC2)[n+]1C.O=C([O-])C(F)(F)F. The number of ether oxygens (including phenoxy) is 1. The number of alkyl halides is 3. The number of thioether (sulfide) groups is 2. The number of nitrogen functional groups attached to an aromatic ring is 2. The van der Waals surface area contributed by atoms with Crippen LogP contribution in [0.3, 0.4) is 0 Å². The van der Waals surface area contributed by atoms with Crippen LogP contribution in [0.5, 0.6) is 5.88 Å². The number of carbonyl (C=O) groups excluding carboxylic acids is 3. The number of nitrogens with one attached hydrogen (secondary N) is 1. The minimum absolute atomic E-state index is 0.0153. The van der Waals surface area contributed by atoms with Crippen LogP contribution in [-0.4, -0.2) is 102 Å². The summed E-state index contributed by atoms with van der Waals surface area (Å²) in [5.41, 5.74) is 9.70. The number of nitrogens with two attached hydrogens (primary N) is 2. The average Bonchev–Trinajstić information content (AvgIpc) is 3.44. The Kier molecular flexibility index (Phi) is 11.9. The first-order valence-electron chi connectivity index (χ1n) is 13.2. The lowest BCUT2D eigenvalue weighted by atomic mass is 10.0. The highest BCUT2D eigenvalue weighted by atomic mass is 32.2. The van der Waals surface area contributed by atoms with Gasteiger partial charge in [-0.05, 0) is 36.2 Å². The van der Waals surface area contributed by atoms with Crippen LogP contribution in [0.25, 0.3) is 0 Å². The Labute approximate surface area is 286 Å². The first-order chi connectivity index (χ1) is 22.7. The van der Waals surface area contributed by atoms with Crippen LogP contribution in [0.15, 0.2) is 33.0 Å². The van der Waals surface area contributed by atoms with E-state index in [0.29, 0.717) is 16.6 Å². The average molecular weight is 753 g/mol. The fourth-order valence-electron chi connectivity index (χ4n) is 3.82. The van der Waals surface area contributed by atoms with Crippen LogP contribution in [0, 0.1) is 0 Å². The molecule has 4 heterocycles. The van der Waals surface area contributed by atoms with Crippen molar-refractivity contribution in [2.24, 2.45) is 12.2 Å². The first kappa shape index (κ1) is 38.6. The van der Waals surface area contributed by atoms with E-state index >= 15 is 0 Å². The van der Waals surface area contributed by atoms with Crippen LogP contribution < -0.4 is 31.2 Å². The number of aromatic nitrogens is 3. The fraction of sp³-hybridized carbons (Fsp3) is 0.400. The second kappa shape index (κ2) is 15.1. The molecule has 2 unspecified atom stereocenters. The number of oxime groups is 1. The quantitative estimate of drug-likeness (QED) is 0.0457. The summed E-state index contributed by atoms with van der Waals surface area (Å²) >= 11 is 3.53. The van der Waals surface area contributed by atoms with Crippen molar-refractivity contribution in [1.82, 2.24) is 20.2 Å². The van der Waals surface area contributed by atoms with E-state index in [1.807, 2.05) is 0 Å². The van der Waals surface area contributed by atoms with Crippen molar-refractivity contribution in [1.29, 1.82) is 0 Å². The van der Waals surface area contributed by atoms with E-state index in [1.165, 1.54) is 49.9 Å². The van der Waals surface area contributed by atoms with Crippen molar-refractivity contribution in [2.75, 3.05) is 30.1 Å². The summed E-state index contributed by atoms with van der Waals surface area (Å²) < 4.78 is 38.5. The van der Waals surface area contributed by atoms with E-state index < -0.39 is 58.6 Å². The molecule has 49 heavy (non-hydrogen) atoms. The number of hydrogen-bond donors (Lipinski definition) is 5. The number of hydrogen-bond acceptors (Lipinski definition) is 16. The summed E-state index contributed by atoms with van der Waals surface area (Å²) in [6.07, 6.45) is -5.19. The number of thiazole rings is 1. The van der Waals surface area contributed by atoms with Crippen LogP contribution in [0.2, 0.25) is 0 Å². The van der Waals surface area contributed by atoms with Gasteiger partial charge in [0.05, 0.1) is 20.2 Å². The molecule has 0 aliphatic carbocycles. The van der Waals surface area contributed by atoms with Gasteiger partial charge in [0.15, 0.2) is 10.8 Å². The van der Waals surface area contributed by atoms with Gasteiger partial charge in [-0.25, -0.2) is 14.6 Å². The third-order valence-corrected chi connectivity index (χ3v) is 9.46. The minimum Gasteiger partial charge on any atom is -0.542 e. The predicted molar refractivity (Wildman–Crippen MR) is 164 cm³/mol. The van der Waals surface area contributed by atoms with Crippen LogP contribution in [-0.2, 0) is 35.9 Å². The molecule has 0 aromatic carbocycles. The summed E-state index contributed by atoms with van der Waals surface area (Å²) in [7, 11) is 3.21. The van der Waals surface area contributed by atoms with Gasteiger partial charge in [0.1, 0.15) is 28.8 Å². The van der Waals surface area contributed by atoms with Crippen LogP contribution in [0.4, 0.5) is 24.1 Å². The number of carboxylic acid groups (broad SMARTS) is 3. The zero-order valence-electron chi connectivity index (χ0n) is 25.6. The molecule has 2 atom stereocenters. The predicted octanol–water partition coefficient (Wildman–Crippen LogP) is -1.05. The van der Waals surface area contributed by atoms with Gasteiger partial charge in [-0.2, -0.15) is 17.7 Å². The Morgan fingerprint density at radius 3 is 2.39 bits per heavy atom. The fourth-order valence-corrected chi connectivity index (χ4v) is 6.83. The summed E-state index contributed by atoms with van der Waals surface area (Å²) in [5.74, 6) is -5.98. The summed E-state index contributed by atoms with van der Waals surface area (Å²) in [6.45, 7) is 2.48. The van der Waals surface area contributed by atoms with Crippen molar-refractivity contribution >= 4 is 81.2 Å². The number of β-lactam (4-membered cyclic amide) rings is 1. The molecule has 2 aromatic rings. The monoisotopic (exact) mass is 752 g/mol. The van der Waals surface area contributed by atoms with Crippen LogP contribution >= 0.6 is 34.9 Å². The molecule has 2 amide bonds. The summed E-state index contributed by atoms with van der Waals surface area (Å²) in [6, 6.07) is 0.469. The molecule has 2 aromatic heterocycles. The maximum absolute atomic E-state index is 13.2. The van der Waals surface area contributed by atoms with E-state index in [-0.39, 0.29) is 33.8 Å². The molecule has 0 radical (unpaired) electrons. The number of methoxy groups -OCH3 is 1. The highest BCUT2D eigenvalue weighted by molar-refractivity contribution is 8.01. The smallest absolute Gasteiger partial charge is 0.430 e. The molecule has 0 bridgehead atoms. The third-order valence-electron chi connectivity index (χ3n) is 6.33. The highest BCUT2D eigenvalue weighted by Gasteiger charge is 2.54. The molecule has 4 rings (SSSR count). The number of carbonyl (C=O) groups is 5. The van der Waals surface area contributed by atoms with E-state index in [4.69, 9.17) is 30.9 Å². The lowest BCUT2D eigenvalue weighted by Crippen LogP contribution is -2.71. The molecule has 1 fully saturated rings. The number of aliphatic carboxylic acids is 3. The Morgan fingerprint density at radius 1 is 1.24 bits per heavy atom. The third kappa shape index (κ3) is 9.00. The van der Waals surface area contributed by atoms with Crippen molar-refractivity contribution in [3.8, 4) is 5.88 Å². The molecule has 2 aliphatic rings. The molecular formula is C25H27F3N8O10S3. The molecule has 266 valence electrons. The first-order valence-corrected chi connectivity index (χ1v) is 16.1. The molecule has 24 heteroatoms. The highest BCUT2D eigenvalue weighted by Crippen LogP contribution is 2.41. The van der Waals surface area contributed by atoms with E-state index in [0.717, 1.165) is 16.2 Å². The Bertz CT molecular complexity index is 1730. The largest absolute Gasteiger partial charge is 0.542 e. The molecule has 7 N–H and O–H groups in total. The maximum atomic E-state index is 13.2. The van der Waals surface area contributed by atoms with Gasteiger partial charge in [-0.1, -0.05) is 5.16 Å². The molecule has 0 spiro atoms. The van der Waals surface area contributed by atoms with Crippen molar-refractivity contribution in [3.05, 3.63) is 28.4 Å². The van der Waals surface area contributed by atoms with Gasteiger partial charge >= 0.3 is 23.3 Å². The number of anilines is 2. The van der Waals surface area contributed by atoms with Gasteiger partial charge in [0, 0.05) is 16.9 Å². The number of nitrogens with zero attached hydrogens (tertiary/aromatic N) is 5. The van der Waals surface area contributed by atoms with Gasteiger partial charge in [-0.3, -0.25) is 14.5 Å². The van der Waals surface area contributed by atoms with Gasteiger partial charge in [0.25, 0.3) is 17.7 Å². The van der Waals surface area contributed by atoms with Crippen LogP contribution in [0.1, 0.15) is 19.5 Å². The lowest BCUT2D eigenvalue weighted by Gasteiger charge is -2.49. The summed E-state index contributed by atoms with van der Waals surface area (Å²) in [4.78, 5) is 73.4. The Morgan fingerprint density at radius 2 is 1.88 bits per heavy atom. The van der Waals surface area contributed by atoms with E-state index in [1.54, 1.807) is 17.7 Å². The lowest BCUT2D eigenvalue weighted by molar-refractivity contribution is -0.717. The number of rotatable bonds is 11. The Balaban J connectivity index is 0.000000838. The summed E-state index contributed by atoms with van der Waals surface area (Å²) in [5, 5.41) is 35.7. The topological polar surface area (TPSA) is 277 Å². The molecule has 0 saturated carbocycles. The molecular weight excluding hydrogens is 726 g/mol. The number of halogens is 3. The molecule has 1 saturated heterocycles. The molecule has 2 aliphatic heterocycles.